The van der Waals surface area contributed by atoms with Crippen LogP contribution in [-0.4, -0.2) is 73.7 Å². The number of rotatable bonds is 30. The molecule has 0 bridgehead atoms. The molecule has 0 radical (unpaired) electrons. The van der Waals surface area contributed by atoms with Crippen LogP contribution < -0.4 is 0 Å². The van der Waals surface area contributed by atoms with E-state index >= 15 is 0 Å². The Morgan fingerprint density at radius 2 is 0.822 bits per heavy atom. The summed E-state index contributed by atoms with van der Waals surface area (Å²) in [6, 6.07) is 0. The van der Waals surface area contributed by atoms with Crippen LogP contribution in [0.15, 0.2) is 24.3 Å². The largest absolute Gasteiger partial charge is 0.465 e. The maximum atomic E-state index is 12.2. The van der Waals surface area contributed by atoms with Gasteiger partial charge in [0.1, 0.15) is 13.2 Å². The van der Waals surface area contributed by atoms with Gasteiger partial charge in [-0.25, -0.2) is 0 Å². The molecule has 45 heavy (non-hydrogen) atoms. The van der Waals surface area contributed by atoms with Crippen LogP contribution in [0, 0.1) is 5.41 Å². The molecule has 0 spiro atoms. The highest BCUT2D eigenvalue weighted by atomic mass is 16.6. The fourth-order valence-electron chi connectivity index (χ4n) is 4.08. The molecule has 10 heteroatoms. The first-order valence-corrected chi connectivity index (χ1v) is 17.0. The summed E-state index contributed by atoms with van der Waals surface area (Å²) in [6.07, 6.45) is 21.2. The van der Waals surface area contributed by atoms with E-state index in [4.69, 9.17) is 18.9 Å². The first kappa shape index (κ1) is 42.3. The van der Waals surface area contributed by atoms with Crippen molar-refractivity contribution in [1.29, 1.82) is 0 Å². The predicted octanol–water partition coefficient (Wildman–Crippen LogP) is 6.30. The lowest BCUT2D eigenvalue weighted by atomic mass is 9.92. The summed E-state index contributed by atoms with van der Waals surface area (Å²) in [6.45, 7) is 3.26. The molecule has 0 aromatic rings. The number of unbranched alkanes of at least 4 members (excludes halogenated alkanes) is 8. The molecule has 10 nitrogen and oxygen atoms in total. The second kappa shape index (κ2) is 30.0. The third-order valence-electron chi connectivity index (χ3n) is 7.15. The maximum Gasteiger partial charge on any atom is 0.305 e. The normalized spacial score (nSPS) is 11.6. The number of carbonyl (C=O) groups is 4. The fourth-order valence-corrected chi connectivity index (χ4v) is 4.08. The van der Waals surface area contributed by atoms with Gasteiger partial charge in [-0.3, -0.25) is 19.2 Å². The summed E-state index contributed by atoms with van der Waals surface area (Å²) < 4.78 is 20.8. The Kier molecular flexibility index (Phi) is 28.2. The number of aliphatic hydroxyl groups is 2. The van der Waals surface area contributed by atoms with Crippen LogP contribution in [0.1, 0.15) is 129 Å². The van der Waals surface area contributed by atoms with E-state index in [9.17, 15) is 29.4 Å². The number of carbonyl (C=O) groups excluding carboxylic acids is 4. The molecular weight excluding hydrogens is 580 g/mol. The Bertz CT molecular complexity index is 768. The Morgan fingerprint density at radius 1 is 0.489 bits per heavy atom. The smallest absolute Gasteiger partial charge is 0.305 e. The minimum absolute atomic E-state index is 0.0681. The van der Waals surface area contributed by atoms with Gasteiger partial charge >= 0.3 is 23.9 Å². The molecule has 260 valence electrons. The highest BCUT2D eigenvalue weighted by molar-refractivity contribution is 5.71. The van der Waals surface area contributed by atoms with Crippen molar-refractivity contribution in [2.75, 3.05) is 39.6 Å². The van der Waals surface area contributed by atoms with E-state index in [0.717, 1.165) is 12.8 Å². The minimum atomic E-state index is -1.33. The molecule has 2 N–H and O–H groups in total. The average Bonchev–Trinajstić information content (AvgIpc) is 3.04. The Hall–Kier alpha value is -2.72. The van der Waals surface area contributed by atoms with Crippen molar-refractivity contribution in [2.24, 2.45) is 5.41 Å². The van der Waals surface area contributed by atoms with E-state index in [1.165, 1.54) is 38.5 Å². The standard InChI is InChI=1S/C35H60O10/c1-3-5-7-9-11-13-19-25-42-31(38)21-15-17-23-33(40)44-29-35(27-36,28-37)30-45-34(41)24-18-16-22-32(39)43-26-20-14-12-10-8-6-4-2/h11-14,36-37H,3-10,15-30H2,1-2H3/b13-11-,14-12-. The lowest BCUT2D eigenvalue weighted by molar-refractivity contribution is -0.159. The second-order valence-electron chi connectivity index (χ2n) is 11.5. The molecule has 0 saturated heterocycles. The van der Waals surface area contributed by atoms with Crippen molar-refractivity contribution in [1.82, 2.24) is 0 Å². The number of esters is 4. The van der Waals surface area contributed by atoms with Crippen LogP contribution in [-0.2, 0) is 38.1 Å². The van der Waals surface area contributed by atoms with Crippen molar-refractivity contribution in [3.8, 4) is 0 Å². The topological polar surface area (TPSA) is 146 Å². The van der Waals surface area contributed by atoms with Crippen molar-refractivity contribution < 1.29 is 48.3 Å². The molecule has 0 amide bonds. The van der Waals surface area contributed by atoms with Gasteiger partial charge in [0.2, 0.25) is 0 Å². The van der Waals surface area contributed by atoms with Gasteiger partial charge < -0.3 is 29.2 Å². The summed E-state index contributed by atoms with van der Waals surface area (Å²) in [7, 11) is 0. The van der Waals surface area contributed by atoms with E-state index in [2.05, 4.69) is 26.0 Å². The van der Waals surface area contributed by atoms with Gasteiger partial charge in [0.15, 0.2) is 0 Å². The summed E-state index contributed by atoms with van der Waals surface area (Å²) in [5.41, 5.74) is -1.33. The SMILES string of the molecule is CCCCC/C=C\CCOC(=O)CCCCC(=O)OCC(CO)(CO)COC(=O)CCCCC(=O)OCC/C=C\CCCCC. The molecule has 0 unspecified atom stereocenters. The average molecular weight is 641 g/mol. The van der Waals surface area contributed by atoms with Crippen LogP contribution in [0.25, 0.3) is 0 Å². The third-order valence-corrected chi connectivity index (χ3v) is 7.15. The number of hydrogen-bond donors (Lipinski definition) is 2. The molecule has 0 heterocycles. The monoisotopic (exact) mass is 640 g/mol. The van der Waals surface area contributed by atoms with E-state index in [-0.39, 0.29) is 50.8 Å². The third kappa shape index (κ3) is 26.2. The van der Waals surface area contributed by atoms with Crippen LogP contribution in [0.4, 0.5) is 0 Å². The molecule has 0 aliphatic carbocycles. The van der Waals surface area contributed by atoms with E-state index in [1.807, 2.05) is 12.2 Å². The van der Waals surface area contributed by atoms with Crippen LogP contribution in [0.5, 0.6) is 0 Å². The minimum Gasteiger partial charge on any atom is -0.465 e. The summed E-state index contributed by atoms with van der Waals surface area (Å²) >= 11 is 0. The molecule has 0 aliphatic rings. The van der Waals surface area contributed by atoms with E-state index in [1.54, 1.807) is 0 Å². The summed E-state index contributed by atoms with van der Waals surface area (Å²) in [5, 5.41) is 19.6. The maximum absolute atomic E-state index is 12.2. The number of hydrogen-bond acceptors (Lipinski definition) is 10. The molecule has 0 aromatic carbocycles. The van der Waals surface area contributed by atoms with Crippen molar-refractivity contribution in [3.05, 3.63) is 24.3 Å². The lowest BCUT2D eigenvalue weighted by Gasteiger charge is -2.28. The fraction of sp³-hybridized carbons (Fsp3) is 0.771. The van der Waals surface area contributed by atoms with Crippen molar-refractivity contribution >= 4 is 23.9 Å². The van der Waals surface area contributed by atoms with Crippen molar-refractivity contribution in [3.63, 3.8) is 0 Å². The van der Waals surface area contributed by atoms with Gasteiger partial charge in [0.05, 0.1) is 31.8 Å². The summed E-state index contributed by atoms with van der Waals surface area (Å²) in [5.74, 6) is -1.69. The van der Waals surface area contributed by atoms with Gasteiger partial charge in [-0.05, 0) is 64.2 Å². The molecule has 0 saturated carbocycles. The highest BCUT2D eigenvalue weighted by Crippen LogP contribution is 2.19. The van der Waals surface area contributed by atoms with E-state index in [0.29, 0.717) is 51.7 Å². The van der Waals surface area contributed by atoms with Crippen molar-refractivity contribution in [2.45, 2.75) is 129 Å². The Balaban J connectivity index is 4.04. The Morgan fingerprint density at radius 3 is 1.16 bits per heavy atom. The van der Waals surface area contributed by atoms with Gasteiger partial charge in [-0.15, -0.1) is 0 Å². The van der Waals surface area contributed by atoms with Gasteiger partial charge in [0, 0.05) is 25.7 Å². The van der Waals surface area contributed by atoms with Crippen LogP contribution in [0.3, 0.4) is 0 Å². The number of allylic oxidation sites excluding steroid dienone is 2. The molecule has 0 aromatic heterocycles. The Labute approximate surface area is 270 Å². The zero-order chi connectivity index (χ0) is 33.4. The van der Waals surface area contributed by atoms with Crippen LogP contribution in [0.2, 0.25) is 0 Å². The first-order valence-electron chi connectivity index (χ1n) is 17.0. The molecule has 0 atom stereocenters. The van der Waals surface area contributed by atoms with Gasteiger partial charge in [0.25, 0.3) is 0 Å². The van der Waals surface area contributed by atoms with Gasteiger partial charge in [-0.2, -0.15) is 0 Å². The second-order valence-corrected chi connectivity index (χ2v) is 11.5. The molecular formula is C35H60O10. The van der Waals surface area contributed by atoms with Gasteiger partial charge in [-0.1, -0.05) is 63.8 Å². The molecule has 0 rings (SSSR count). The lowest BCUT2D eigenvalue weighted by Crippen LogP contribution is -2.41. The zero-order valence-corrected chi connectivity index (χ0v) is 27.9. The number of ether oxygens (including phenoxy) is 4. The summed E-state index contributed by atoms with van der Waals surface area (Å²) in [4.78, 5) is 48.0. The quantitative estimate of drug-likeness (QED) is 0.0397. The molecule has 0 fully saturated rings. The van der Waals surface area contributed by atoms with Crippen LogP contribution >= 0.6 is 0 Å². The zero-order valence-electron chi connectivity index (χ0n) is 27.9. The predicted molar refractivity (Wildman–Crippen MR) is 173 cm³/mol. The highest BCUT2D eigenvalue weighted by Gasteiger charge is 2.33. The molecule has 0 aliphatic heterocycles. The first-order chi connectivity index (χ1) is 21.8. The number of aliphatic hydroxyl groups excluding tert-OH is 2. The van der Waals surface area contributed by atoms with E-state index < -0.39 is 30.6 Å².